The molecule has 2 aromatic rings. The second-order valence-corrected chi connectivity index (χ2v) is 15.7. The Labute approximate surface area is 294 Å². The molecular weight excluding hydrogens is 616 g/mol. The number of carbonyl (C=O) groups is 3. The van der Waals surface area contributed by atoms with Gasteiger partial charge in [-0.2, -0.15) is 0 Å². The van der Waals surface area contributed by atoms with Crippen molar-refractivity contribution in [2.24, 2.45) is 23.2 Å². The highest BCUT2D eigenvalue weighted by atomic mass is 16.6. The average molecular weight is 677 g/mol. The van der Waals surface area contributed by atoms with Gasteiger partial charge in [0.15, 0.2) is 0 Å². The minimum atomic E-state index is -0.455. The van der Waals surface area contributed by atoms with Gasteiger partial charge in [0.05, 0.1) is 16.9 Å². The zero-order valence-electron chi connectivity index (χ0n) is 31.1. The molecule has 4 fully saturated rings. The number of hydrogen-bond donors (Lipinski definition) is 1. The lowest BCUT2D eigenvalue weighted by Crippen LogP contribution is -2.39. The molecule has 270 valence electrons. The predicted octanol–water partition coefficient (Wildman–Crippen LogP) is 9.90. The Kier molecular flexibility index (Phi) is 13.0. The Morgan fingerprint density at radius 3 is 1.98 bits per heavy atom. The van der Waals surface area contributed by atoms with Crippen molar-refractivity contribution in [2.75, 3.05) is 0 Å². The number of ether oxygens (including phenoxy) is 3. The summed E-state index contributed by atoms with van der Waals surface area (Å²) in [4.78, 5) is 36.0. The maximum atomic E-state index is 12.2. The number of hydrogen-bond acceptors (Lipinski definition) is 7. The highest BCUT2D eigenvalue weighted by molar-refractivity contribution is 5.89. The number of phenolic OH excluding ortho intramolecular Hbond substituents is 1. The fourth-order valence-corrected chi connectivity index (χ4v) is 7.40. The lowest BCUT2D eigenvalue weighted by Gasteiger charge is -2.33. The first kappa shape index (κ1) is 38.5. The molecule has 3 aliphatic carbocycles. The van der Waals surface area contributed by atoms with Crippen molar-refractivity contribution in [2.45, 2.75) is 149 Å². The van der Waals surface area contributed by atoms with E-state index < -0.39 is 5.41 Å². The second kappa shape index (κ2) is 16.6. The van der Waals surface area contributed by atoms with Crippen LogP contribution in [0.25, 0.3) is 0 Å². The summed E-state index contributed by atoms with van der Waals surface area (Å²) in [5.41, 5.74) is 2.54. The van der Waals surface area contributed by atoms with Gasteiger partial charge in [-0.15, -0.1) is 0 Å². The monoisotopic (exact) mass is 676 g/mol. The summed E-state index contributed by atoms with van der Waals surface area (Å²) in [6, 6.07) is 15.3. The molecule has 0 amide bonds. The van der Waals surface area contributed by atoms with Crippen LogP contribution in [0.5, 0.6) is 5.75 Å². The van der Waals surface area contributed by atoms with Gasteiger partial charge in [0.1, 0.15) is 23.6 Å². The molecule has 2 aromatic carbocycles. The van der Waals surface area contributed by atoms with E-state index in [-0.39, 0.29) is 41.6 Å². The van der Waals surface area contributed by atoms with Crippen LogP contribution in [0.1, 0.15) is 153 Å². The number of carbonyl (C=O) groups excluding carboxylic acids is 3. The molecule has 7 nitrogen and oxygen atoms in total. The van der Waals surface area contributed by atoms with Crippen molar-refractivity contribution >= 4 is 17.9 Å². The second-order valence-electron chi connectivity index (χ2n) is 15.7. The molecule has 1 heterocycles. The van der Waals surface area contributed by atoms with Gasteiger partial charge < -0.3 is 19.3 Å². The Hall–Kier alpha value is -3.35. The summed E-state index contributed by atoms with van der Waals surface area (Å²) < 4.78 is 16.8. The summed E-state index contributed by atoms with van der Waals surface area (Å²) >= 11 is 0. The van der Waals surface area contributed by atoms with Crippen LogP contribution < -0.4 is 0 Å². The molecule has 7 heteroatoms. The zero-order valence-corrected chi connectivity index (χ0v) is 31.1. The number of benzene rings is 2. The van der Waals surface area contributed by atoms with Crippen molar-refractivity contribution in [1.29, 1.82) is 0 Å². The largest absolute Gasteiger partial charge is 0.508 e. The van der Waals surface area contributed by atoms with Crippen LogP contribution in [-0.2, 0) is 23.8 Å². The standard InChI is InChI=1S/C18H26O2.C14H20O4.C10H14O/c1-4-14(2)15-8-10-16(11-9-15)17(19)20-18(3)12-6-5-7-13-18;1-4-14(2,3)13(16)18-10-7-5-8-9(6-7)12(15)17-11(8)10;1-3-8(2)9-4-6-10(11)7-5-9/h8-11,14H,4-7,12-13H2,1-3H3;7-11H,4-6H2,1-3H3;4-8,11H,3H2,1-2H3. The van der Waals surface area contributed by atoms with Crippen molar-refractivity contribution in [3.63, 3.8) is 0 Å². The highest BCUT2D eigenvalue weighted by Gasteiger charge is 2.63. The SMILES string of the molecule is CCC(C)(C)C(=O)OC1C2CC3C(=O)OC1C3C2.CCC(C)c1ccc(C(=O)OC2(C)CCCCC2)cc1.CCC(C)c1ccc(O)cc1. The number of phenols is 1. The molecule has 7 atom stereocenters. The summed E-state index contributed by atoms with van der Waals surface area (Å²) in [6.45, 7) is 16.6. The molecule has 0 aromatic heterocycles. The quantitative estimate of drug-likeness (QED) is 0.208. The minimum absolute atomic E-state index is 0.0779. The third-order valence-electron chi connectivity index (χ3n) is 11.7. The number of aromatic hydroxyl groups is 1. The van der Waals surface area contributed by atoms with Gasteiger partial charge in [0.2, 0.25) is 0 Å². The average Bonchev–Trinajstić information content (AvgIpc) is 3.74. The normalized spacial score (nSPS) is 25.9. The van der Waals surface area contributed by atoms with Crippen LogP contribution in [0, 0.1) is 23.2 Å². The molecule has 49 heavy (non-hydrogen) atoms. The summed E-state index contributed by atoms with van der Waals surface area (Å²) in [7, 11) is 0. The predicted molar refractivity (Wildman–Crippen MR) is 192 cm³/mol. The summed E-state index contributed by atoms with van der Waals surface area (Å²) in [5, 5.41) is 9.01. The van der Waals surface area contributed by atoms with Crippen LogP contribution >= 0.6 is 0 Å². The lowest BCUT2D eigenvalue weighted by molar-refractivity contribution is -0.170. The lowest BCUT2D eigenvalue weighted by atomic mass is 9.86. The van der Waals surface area contributed by atoms with E-state index in [2.05, 4.69) is 34.6 Å². The molecule has 1 saturated heterocycles. The van der Waals surface area contributed by atoms with Crippen LogP contribution in [0.4, 0.5) is 0 Å². The maximum absolute atomic E-state index is 12.2. The topological polar surface area (TPSA) is 99.1 Å². The minimum Gasteiger partial charge on any atom is -0.508 e. The molecule has 0 radical (unpaired) electrons. The van der Waals surface area contributed by atoms with E-state index in [4.69, 9.17) is 19.3 Å². The number of esters is 3. The molecule has 7 unspecified atom stereocenters. The first-order chi connectivity index (χ1) is 23.2. The van der Waals surface area contributed by atoms with Crippen LogP contribution in [0.3, 0.4) is 0 Å². The van der Waals surface area contributed by atoms with E-state index in [0.29, 0.717) is 35.0 Å². The van der Waals surface area contributed by atoms with Gasteiger partial charge in [0.25, 0.3) is 0 Å². The van der Waals surface area contributed by atoms with E-state index in [0.717, 1.165) is 57.8 Å². The van der Waals surface area contributed by atoms with Gasteiger partial charge in [-0.3, -0.25) is 9.59 Å². The van der Waals surface area contributed by atoms with E-state index in [1.807, 2.05) is 57.2 Å². The molecule has 1 N–H and O–H groups in total. The molecule has 6 rings (SSSR count). The third-order valence-corrected chi connectivity index (χ3v) is 11.7. The molecule has 2 bridgehead atoms. The first-order valence-electron chi connectivity index (χ1n) is 18.8. The van der Waals surface area contributed by atoms with Crippen LogP contribution in [0.2, 0.25) is 0 Å². The van der Waals surface area contributed by atoms with Crippen LogP contribution in [-0.4, -0.2) is 40.8 Å². The van der Waals surface area contributed by atoms with E-state index in [1.54, 1.807) is 12.1 Å². The maximum Gasteiger partial charge on any atom is 0.338 e. The number of fused-ring (bicyclic) bond motifs is 1. The summed E-state index contributed by atoms with van der Waals surface area (Å²) in [5.74, 6) is 1.75. The molecule has 3 saturated carbocycles. The zero-order chi connectivity index (χ0) is 35.9. The molecule has 1 aliphatic heterocycles. The van der Waals surface area contributed by atoms with Gasteiger partial charge >= 0.3 is 17.9 Å². The van der Waals surface area contributed by atoms with Crippen molar-refractivity contribution in [3.8, 4) is 5.75 Å². The van der Waals surface area contributed by atoms with E-state index in [1.165, 1.54) is 17.5 Å². The van der Waals surface area contributed by atoms with Gasteiger partial charge in [-0.1, -0.05) is 65.3 Å². The van der Waals surface area contributed by atoms with Crippen LogP contribution in [0.15, 0.2) is 48.5 Å². The van der Waals surface area contributed by atoms with Crippen molar-refractivity contribution < 1.29 is 33.7 Å². The first-order valence-corrected chi connectivity index (χ1v) is 18.8. The molecule has 4 aliphatic rings. The van der Waals surface area contributed by atoms with Crippen molar-refractivity contribution in [3.05, 3.63) is 65.2 Å². The third kappa shape index (κ3) is 9.46. The van der Waals surface area contributed by atoms with E-state index in [9.17, 15) is 14.4 Å². The van der Waals surface area contributed by atoms with Crippen molar-refractivity contribution in [1.82, 2.24) is 0 Å². The highest BCUT2D eigenvalue weighted by Crippen LogP contribution is 2.55. The smallest absolute Gasteiger partial charge is 0.338 e. The molecule has 0 spiro atoms. The Morgan fingerprint density at radius 2 is 1.45 bits per heavy atom. The van der Waals surface area contributed by atoms with Gasteiger partial charge in [0, 0.05) is 11.8 Å². The Balaban J connectivity index is 0.000000173. The number of rotatable bonds is 9. The summed E-state index contributed by atoms with van der Waals surface area (Å²) in [6.07, 6.45) is 10.0. The van der Waals surface area contributed by atoms with Gasteiger partial charge in [-0.25, -0.2) is 4.79 Å². The van der Waals surface area contributed by atoms with E-state index >= 15 is 0 Å². The fourth-order valence-electron chi connectivity index (χ4n) is 7.40. The molecular formula is C42H60O7. The fraction of sp³-hybridized carbons (Fsp3) is 0.643. The van der Waals surface area contributed by atoms with Gasteiger partial charge in [-0.05, 0) is 126 Å². The Morgan fingerprint density at radius 1 is 0.898 bits per heavy atom. The Bertz CT molecular complexity index is 1390.